The summed E-state index contributed by atoms with van der Waals surface area (Å²) in [6.07, 6.45) is -4.02. The van der Waals surface area contributed by atoms with E-state index in [1.807, 2.05) is 0 Å². The highest BCUT2D eigenvalue weighted by atomic mass is 19.1. The van der Waals surface area contributed by atoms with Crippen molar-refractivity contribution < 1.29 is 24.4 Å². The molecule has 20 heavy (non-hydrogen) atoms. The van der Waals surface area contributed by atoms with Gasteiger partial charge in [-0.05, 0) is 6.92 Å². The van der Waals surface area contributed by atoms with Gasteiger partial charge in [-0.3, -0.25) is 4.57 Å². The molecule has 2 aromatic heterocycles. The summed E-state index contributed by atoms with van der Waals surface area (Å²) >= 11 is 0. The number of imidazole rings is 1. The second kappa shape index (κ2) is 4.70. The van der Waals surface area contributed by atoms with Crippen molar-refractivity contribution in [3.05, 3.63) is 18.1 Å². The molecule has 2 aromatic rings. The van der Waals surface area contributed by atoms with Crippen LogP contribution in [0.5, 0.6) is 0 Å². The van der Waals surface area contributed by atoms with Crippen molar-refractivity contribution in [3.63, 3.8) is 0 Å². The molecule has 3 rings (SSSR count). The fraction of sp³-hybridized carbons (Fsp3) is 0.545. The van der Waals surface area contributed by atoms with Crippen molar-refractivity contribution in [2.24, 2.45) is 0 Å². The minimum atomic E-state index is -1.28. The van der Waals surface area contributed by atoms with E-state index >= 15 is 0 Å². The number of fused-ring (bicyclic) bond motifs is 1. The molecule has 1 fully saturated rings. The van der Waals surface area contributed by atoms with Gasteiger partial charge in [0.15, 0.2) is 11.9 Å². The number of rotatable bonds is 2. The number of hydrogen-bond acceptors (Lipinski definition) is 7. The van der Waals surface area contributed by atoms with Crippen LogP contribution < -0.4 is 0 Å². The SMILES string of the molecule is Cc1nc(F)nc2c1ncn2C1OC(CO)C(O)C1O. The Kier molecular flexibility index (Phi) is 3.13. The van der Waals surface area contributed by atoms with E-state index in [-0.39, 0.29) is 5.65 Å². The van der Waals surface area contributed by atoms with Gasteiger partial charge in [0.25, 0.3) is 0 Å². The molecule has 9 heteroatoms. The van der Waals surface area contributed by atoms with Gasteiger partial charge in [-0.25, -0.2) is 9.97 Å². The third-order valence-electron chi connectivity index (χ3n) is 3.36. The zero-order valence-electron chi connectivity index (χ0n) is 10.5. The molecule has 4 atom stereocenters. The fourth-order valence-corrected chi connectivity index (χ4v) is 2.32. The van der Waals surface area contributed by atoms with Crippen LogP contribution in [-0.2, 0) is 4.74 Å². The van der Waals surface area contributed by atoms with Crippen LogP contribution in [0, 0.1) is 13.0 Å². The molecule has 0 radical (unpaired) electrons. The Balaban J connectivity index is 2.07. The van der Waals surface area contributed by atoms with Gasteiger partial charge in [-0.2, -0.15) is 9.37 Å². The molecule has 3 heterocycles. The molecule has 1 saturated heterocycles. The average molecular weight is 284 g/mol. The van der Waals surface area contributed by atoms with Crippen molar-refractivity contribution in [2.45, 2.75) is 31.5 Å². The molecular weight excluding hydrogens is 271 g/mol. The number of aryl methyl sites for hydroxylation is 1. The van der Waals surface area contributed by atoms with Crippen LogP contribution in [0.15, 0.2) is 6.33 Å². The molecule has 1 aliphatic heterocycles. The monoisotopic (exact) mass is 284 g/mol. The van der Waals surface area contributed by atoms with Crippen LogP contribution in [0.25, 0.3) is 11.2 Å². The quantitative estimate of drug-likeness (QED) is 0.599. The summed E-state index contributed by atoms with van der Waals surface area (Å²) in [6, 6.07) is 0. The number of aliphatic hydroxyl groups excluding tert-OH is 3. The lowest BCUT2D eigenvalue weighted by Crippen LogP contribution is -2.33. The van der Waals surface area contributed by atoms with E-state index in [1.54, 1.807) is 6.92 Å². The highest BCUT2D eigenvalue weighted by molar-refractivity contribution is 5.72. The van der Waals surface area contributed by atoms with E-state index in [0.29, 0.717) is 11.2 Å². The Morgan fingerprint density at radius 3 is 2.75 bits per heavy atom. The minimum absolute atomic E-state index is 0.157. The van der Waals surface area contributed by atoms with E-state index in [1.165, 1.54) is 10.9 Å². The molecule has 0 bridgehead atoms. The topological polar surface area (TPSA) is 114 Å². The molecule has 0 amide bonds. The summed E-state index contributed by atoms with van der Waals surface area (Å²) in [5.74, 6) is 0. The highest BCUT2D eigenvalue weighted by Gasteiger charge is 2.44. The number of hydrogen-bond donors (Lipinski definition) is 3. The van der Waals surface area contributed by atoms with Gasteiger partial charge in [-0.15, -0.1) is 0 Å². The maximum absolute atomic E-state index is 13.3. The predicted molar refractivity (Wildman–Crippen MR) is 63.0 cm³/mol. The number of aliphatic hydroxyl groups is 3. The lowest BCUT2D eigenvalue weighted by atomic mass is 10.1. The maximum atomic E-state index is 13.3. The van der Waals surface area contributed by atoms with Gasteiger partial charge in [0.2, 0.25) is 0 Å². The average Bonchev–Trinajstić information content (AvgIpc) is 2.93. The first kappa shape index (κ1) is 13.3. The van der Waals surface area contributed by atoms with Crippen LogP contribution in [0.4, 0.5) is 4.39 Å². The van der Waals surface area contributed by atoms with E-state index in [9.17, 15) is 14.6 Å². The second-order valence-electron chi connectivity index (χ2n) is 4.63. The summed E-state index contributed by atoms with van der Waals surface area (Å²) in [5.41, 5.74) is 0.895. The number of ether oxygens (including phenoxy) is 1. The van der Waals surface area contributed by atoms with E-state index in [0.717, 1.165) is 0 Å². The highest BCUT2D eigenvalue weighted by Crippen LogP contribution is 2.31. The van der Waals surface area contributed by atoms with Gasteiger partial charge >= 0.3 is 6.08 Å². The number of aromatic nitrogens is 4. The van der Waals surface area contributed by atoms with Gasteiger partial charge < -0.3 is 20.1 Å². The standard InChI is InChI=1S/C11H13FN4O4/c1-4-6-9(15-11(12)14-4)16(3-13-6)10-8(19)7(18)5(2-17)20-10/h3,5,7-8,10,17-19H,2H2,1H3. The third-order valence-corrected chi connectivity index (χ3v) is 3.36. The fourth-order valence-electron chi connectivity index (χ4n) is 2.32. The van der Waals surface area contributed by atoms with Crippen LogP contribution in [-0.4, -0.2) is 59.8 Å². The maximum Gasteiger partial charge on any atom is 0.310 e. The Labute approximate surface area is 112 Å². The summed E-state index contributed by atoms with van der Waals surface area (Å²) < 4.78 is 20.0. The van der Waals surface area contributed by atoms with Gasteiger partial charge in [-0.1, -0.05) is 0 Å². The Morgan fingerprint density at radius 1 is 1.35 bits per heavy atom. The molecule has 3 N–H and O–H groups in total. The summed E-state index contributed by atoms with van der Waals surface area (Å²) in [4.78, 5) is 11.2. The minimum Gasteiger partial charge on any atom is -0.394 e. The second-order valence-corrected chi connectivity index (χ2v) is 4.63. The molecule has 1 aliphatic rings. The first-order chi connectivity index (χ1) is 9.52. The normalized spacial score (nSPS) is 30.2. The van der Waals surface area contributed by atoms with Gasteiger partial charge in [0, 0.05) is 0 Å². The molecule has 0 spiro atoms. The van der Waals surface area contributed by atoms with Crippen LogP contribution in [0.1, 0.15) is 11.9 Å². The van der Waals surface area contributed by atoms with Crippen molar-refractivity contribution in [1.29, 1.82) is 0 Å². The van der Waals surface area contributed by atoms with E-state index in [4.69, 9.17) is 9.84 Å². The van der Waals surface area contributed by atoms with Gasteiger partial charge in [0.05, 0.1) is 18.6 Å². The van der Waals surface area contributed by atoms with Crippen molar-refractivity contribution in [1.82, 2.24) is 19.5 Å². The molecule has 4 unspecified atom stereocenters. The Morgan fingerprint density at radius 2 is 2.10 bits per heavy atom. The third kappa shape index (κ3) is 1.86. The van der Waals surface area contributed by atoms with Crippen molar-refractivity contribution >= 4 is 11.2 Å². The molecule has 108 valence electrons. The molecule has 8 nitrogen and oxygen atoms in total. The molecule has 0 saturated carbocycles. The number of halogens is 1. The first-order valence-corrected chi connectivity index (χ1v) is 6.02. The smallest absolute Gasteiger partial charge is 0.310 e. The van der Waals surface area contributed by atoms with Crippen molar-refractivity contribution in [2.75, 3.05) is 6.61 Å². The summed E-state index contributed by atoms with van der Waals surface area (Å²) in [7, 11) is 0. The predicted octanol–water partition coefficient (Wildman–Crippen LogP) is -1.11. The zero-order chi connectivity index (χ0) is 14.4. The van der Waals surface area contributed by atoms with E-state index < -0.39 is 37.2 Å². The molecular formula is C11H13FN4O4. The Bertz CT molecular complexity index is 649. The van der Waals surface area contributed by atoms with E-state index in [2.05, 4.69) is 15.0 Å². The summed E-state index contributed by atoms with van der Waals surface area (Å²) in [6.45, 7) is 1.14. The van der Waals surface area contributed by atoms with Crippen LogP contribution in [0.3, 0.4) is 0 Å². The zero-order valence-corrected chi connectivity index (χ0v) is 10.5. The number of nitrogens with zero attached hydrogens (tertiary/aromatic N) is 4. The van der Waals surface area contributed by atoms with Crippen molar-refractivity contribution in [3.8, 4) is 0 Å². The molecule has 0 aromatic carbocycles. The van der Waals surface area contributed by atoms with Gasteiger partial charge in [0.1, 0.15) is 23.8 Å². The molecule has 0 aliphatic carbocycles. The summed E-state index contributed by atoms with van der Waals surface area (Å²) in [5, 5.41) is 28.8. The lowest BCUT2D eigenvalue weighted by molar-refractivity contribution is -0.0511. The first-order valence-electron chi connectivity index (χ1n) is 6.02. The van der Waals surface area contributed by atoms with Crippen LogP contribution >= 0.6 is 0 Å². The Hall–Kier alpha value is -1.68. The lowest BCUT2D eigenvalue weighted by Gasteiger charge is -2.16. The van der Waals surface area contributed by atoms with Crippen LogP contribution in [0.2, 0.25) is 0 Å². The largest absolute Gasteiger partial charge is 0.394 e.